The van der Waals surface area contributed by atoms with E-state index >= 15 is 0 Å². The molecule has 1 atom stereocenters. The number of nitrogens with zero attached hydrogens (tertiary/aromatic N) is 3. The molecule has 7 nitrogen and oxygen atoms in total. The topological polar surface area (TPSA) is 84.3 Å². The van der Waals surface area contributed by atoms with Crippen LogP contribution in [0.3, 0.4) is 0 Å². The normalized spacial score (nSPS) is 18.2. The number of nitrogens with one attached hydrogen (secondary N) is 1. The first kappa shape index (κ1) is 20.6. The van der Waals surface area contributed by atoms with Gasteiger partial charge in [-0.15, -0.1) is 0 Å². The maximum absolute atomic E-state index is 12.6. The molecular formula is C22H26N4O3S. The highest BCUT2D eigenvalue weighted by molar-refractivity contribution is 7.91. The molecule has 1 aliphatic heterocycles. The molecule has 0 aliphatic carbocycles. The third-order valence-electron chi connectivity index (χ3n) is 5.36. The summed E-state index contributed by atoms with van der Waals surface area (Å²) in [5.41, 5.74) is 1.89. The lowest BCUT2D eigenvalue weighted by molar-refractivity contribution is -0.117. The third-order valence-corrected chi connectivity index (χ3v) is 7.11. The molecule has 30 heavy (non-hydrogen) atoms. The van der Waals surface area contributed by atoms with E-state index in [4.69, 9.17) is 0 Å². The molecule has 1 N–H and O–H groups in total. The maximum Gasteiger partial charge on any atom is 0.239 e. The highest BCUT2D eigenvalue weighted by Crippen LogP contribution is 2.27. The van der Waals surface area contributed by atoms with E-state index in [0.29, 0.717) is 18.8 Å². The minimum absolute atomic E-state index is 0.0683. The molecule has 1 aliphatic rings. The van der Waals surface area contributed by atoms with E-state index in [1.54, 1.807) is 10.7 Å². The molecule has 8 heteroatoms. The molecule has 0 bridgehead atoms. The first-order valence-electron chi connectivity index (χ1n) is 10.0. The number of anilines is 1. The number of amides is 1. The fourth-order valence-corrected chi connectivity index (χ4v) is 5.68. The number of likely N-dealkylation sites (N-methyl/N-ethyl adjacent to an activating group) is 1. The smallest absolute Gasteiger partial charge is 0.239 e. The predicted octanol–water partition coefficient (Wildman–Crippen LogP) is 2.77. The van der Waals surface area contributed by atoms with Crippen molar-refractivity contribution in [3.8, 4) is 0 Å². The Bertz CT molecular complexity index is 1190. The van der Waals surface area contributed by atoms with Crippen molar-refractivity contribution in [2.45, 2.75) is 25.9 Å². The van der Waals surface area contributed by atoms with Crippen LogP contribution in [0.2, 0.25) is 0 Å². The molecular weight excluding hydrogens is 400 g/mol. The van der Waals surface area contributed by atoms with Gasteiger partial charge in [-0.1, -0.05) is 36.4 Å². The fourth-order valence-electron chi connectivity index (χ4n) is 3.99. The average Bonchev–Trinajstić information content (AvgIpc) is 3.22. The summed E-state index contributed by atoms with van der Waals surface area (Å²) in [4.78, 5) is 14.6. The highest BCUT2D eigenvalue weighted by Gasteiger charge is 2.31. The molecule has 0 saturated carbocycles. The van der Waals surface area contributed by atoms with Crippen molar-refractivity contribution in [1.82, 2.24) is 14.7 Å². The van der Waals surface area contributed by atoms with E-state index < -0.39 is 9.84 Å². The van der Waals surface area contributed by atoms with Gasteiger partial charge in [0.2, 0.25) is 5.91 Å². The van der Waals surface area contributed by atoms with Crippen molar-refractivity contribution in [2.75, 3.05) is 30.4 Å². The molecule has 1 aromatic heterocycles. The molecule has 1 unspecified atom stereocenters. The van der Waals surface area contributed by atoms with Gasteiger partial charge in [0.05, 0.1) is 29.8 Å². The van der Waals surface area contributed by atoms with Crippen molar-refractivity contribution < 1.29 is 13.2 Å². The number of hydrogen-bond acceptors (Lipinski definition) is 5. The number of benzene rings is 2. The molecule has 0 radical (unpaired) electrons. The van der Waals surface area contributed by atoms with Gasteiger partial charge in [-0.25, -0.2) is 13.1 Å². The van der Waals surface area contributed by atoms with E-state index in [0.717, 1.165) is 11.3 Å². The number of carbonyl (C=O) groups is 1. The van der Waals surface area contributed by atoms with Crippen molar-refractivity contribution >= 4 is 32.3 Å². The van der Waals surface area contributed by atoms with Gasteiger partial charge in [-0.3, -0.25) is 9.69 Å². The van der Waals surface area contributed by atoms with Crippen LogP contribution < -0.4 is 5.32 Å². The van der Waals surface area contributed by atoms with Crippen LogP contribution in [0.4, 0.5) is 5.82 Å². The zero-order valence-corrected chi connectivity index (χ0v) is 18.0. The number of hydrogen-bond donors (Lipinski definition) is 1. The van der Waals surface area contributed by atoms with E-state index in [9.17, 15) is 13.2 Å². The monoisotopic (exact) mass is 426 g/mol. The summed E-state index contributed by atoms with van der Waals surface area (Å²) in [7, 11) is -1.13. The molecule has 1 amide bonds. The van der Waals surface area contributed by atoms with E-state index in [1.165, 1.54) is 10.8 Å². The molecule has 3 aromatic rings. The predicted molar refractivity (Wildman–Crippen MR) is 118 cm³/mol. The molecule has 0 spiro atoms. The Morgan fingerprint density at radius 1 is 1.20 bits per heavy atom. The molecule has 4 rings (SSSR count). The number of fused-ring (bicyclic) bond motifs is 1. The fraction of sp³-hybridized carbons (Fsp3) is 0.364. The van der Waals surface area contributed by atoms with E-state index in [1.807, 2.05) is 31.0 Å². The molecule has 2 heterocycles. The van der Waals surface area contributed by atoms with Gasteiger partial charge in [0, 0.05) is 12.6 Å². The Morgan fingerprint density at radius 3 is 2.70 bits per heavy atom. The highest BCUT2D eigenvalue weighted by atomic mass is 32.2. The van der Waals surface area contributed by atoms with Crippen LogP contribution >= 0.6 is 0 Å². The van der Waals surface area contributed by atoms with Crippen molar-refractivity contribution in [1.29, 1.82) is 0 Å². The van der Waals surface area contributed by atoms with Gasteiger partial charge in [0.15, 0.2) is 9.84 Å². The number of rotatable bonds is 6. The first-order valence-corrected chi connectivity index (χ1v) is 11.8. The Kier molecular flexibility index (Phi) is 5.62. The van der Waals surface area contributed by atoms with Gasteiger partial charge in [-0.05, 0) is 42.8 Å². The van der Waals surface area contributed by atoms with Crippen molar-refractivity contribution in [3.63, 3.8) is 0 Å². The molecule has 158 valence electrons. The van der Waals surface area contributed by atoms with Gasteiger partial charge in [0.1, 0.15) is 5.82 Å². The summed E-state index contributed by atoms with van der Waals surface area (Å²) >= 11 is 0. The van der Waals surface area contributed by atoms with Crippen LogP contribution in [-0.4, -0.2) is 54.1 Å². The van der Waals surface area contributed by atoms with Crippen LogP contribution in [0, 0.1) is 6.92 Å². The molecule has 1 fully saturated rings. The quantitative estimate of drug-likeness (QED) is 0.655. The number of aryl methyl sites for hydroxylation is 1. The van der Waals surface area contributed by atoms with E-state index in [-0.39, 0.29) is 30.0 Å². The summed E-state index contributed by atoms with van der Waals surface area (Å²) in [5.74, 6) is 0.635. The Hall–Kier alpha value is -2.71. The largest absolute Gasteiger partial charge is 0.310 e. The summed E-state index contributed by atoms with van der Waals surface area (Å²) in [6.07, 6.45) is 0.522. The van der Waals surface area contributed by atoms with Gasteiger partial charge in [-0.2, -0.15) is 5.10 Å². The van der Waals surface area contributed by atoms with Crippen LogP contribution in [0.1, 0.15) is 23.7 Å². The third kappa shape index (κ3) is 4.71. The number of sulfone groups is 1. The molecule has 2 aromatic carbocycles. The van der Waals surface area contributed by atoms with Crippen LogP contribution in [0.5, 0.6) is 0 Å². The number of carbonyl (C=O) groups excluding carboxylic acids is 1. The van der Waals surface area contributed by atoms with Crippen LogP contribution in [0.25, 0.3) is 10.8 Å². The van der Waals surface area contributed by atoms with Crippen LogP contribution in [0.15, 0.2) is 48.5 Å². The zero-order chi connectivity index (χ0) is 21.3. The SMILES string of the molecule is Cc1cc(NC(=O)CN(C)Cc2ccc3ccccc3c2)n(C2CCS(=O)(=O)C2)n1. The summed E-state index contributed by atoms with van der Waals surface area (Å²) in [6, 6.07) is 16.1. The Balaban J connectivity index is 1.39. The zero-order valence-electron chi connectivity index (χ0n) is 17.2. The summed E-state index contributed by atoms with van der Waals surface area (Å²) < 4.78 is 25.3. The van der Waals surface area contributed by atoms with Gasteiger partial charge < -0.3 is 5.32 Å². The van der Waals surface area contributed by atoms with Gasteiger partial charge in [0.25, 0.3) is 0 Å². The lowest BCUT2D eigenvalue weighted by Gasteiger charge is -2.18. The lowest BCUT2D eigenvalue weighted by Crippen LogP contribution is -2.31. The second-order valence-corrected chi connectivity index (χ2v) is 10.3. The second-order valence-electron chi connectivity index (χ2n) is 8.07. The first-order chi connectivity index (χ1) is 14.3. The van der Waals surface area contributed by atoms with Gasteiger partial charge >= 0.3 is 0 Å². The second kappa shape index (κ2) is 8.20. The standard InChI is InChI=1S/C22H26N4O3S/c1-16-11-21(26(24-16)20-9-10-30(28,29)15-20)23-22(27)14-25(2)13-17-7-8-18-5-3-4-6-19(18)12-17/h3-8,11-12,20H,9-10,13-15H2,1-2H3,(H,23,27). The Morgan fingerprint density at radius 2 is 1.97 bits per heavy atom. The summed E-state index contributed by atoms with van der Waals surface area (Å²) in [5, 5.41) is 9.69. The van der Waals surface area contributed by atoms with Crippen molar-refractivity contribution in [2.24, 2.45) is 0 Å². The molecule has 1 saturated heterocycles. The Labute approximate surface area is 176 Å². The minimum Gasteiger partial charge on any atom is -0.310 e. The van der Waals surface area contributed by atoms with E-state index in [2.05, 4.69) is 40.7 Å². The number of aromatic nitrogens is 2. The average molecular weight is 427 g/mol. The summed E-state index contributed by atoms with van der Waals surface area (Å²) in [6.45, 7) is 2.71. The van der Waals surface area contributed by atoms with Crippen molar-refractivity contribution in [3.05, 3.63) is 59.8 Å². The van der Waals surface area contributed by atoms with Crippen LogP contribution in [-0.2, 0) is 21.2 Å². The minimum atomic E-state index is -3.03. The lowest BCUT2D eigenvalue weighted by atomic mass is 10.1. The maximum atomic E-state index is 12.6.